The van der Waals surface area contributed by atoms with E-state index >= 15 is 0 Å². The topological polar surface area (TPSA) is 88.4 Å². The molecule has 6 nitrogen and oxygen atoms in total. The van der Waals surface area contributed by atoms with Gasteiger partial charge in [0.2, 0.25) is 0 Å². The molecule has 1 N–H and O–H groups in total. The van der Waals surface area contributed by atoms with Crippen molar-refractivity contribution in [2.75, 3.05) is 13.7 Å². The van der Waals surface area contributed by atoms with E-state index in [1.54, 1.807) is 12.1 Å². The third kappa shape index (κ3) is 6.71. The van der Waals surface area contributed by atoms with E-state index in [1.807, 2.05) is 43.3 Å². The van der Waals surface area contributed by atoms with E-state index in [0.29, 0.717) is 11.3 Å². The van der Waals surface area contributed by atoms with Crippen molar-refractivity contribution in [2.24, 2.45) is 0 Å². The molecule has 0 aliphatic rings. The predicted molar refractivity (Wildman–Crippen MR) is 126 cm³/mol. The van der Waals surface area contributed by atoms with Gasteiger partial charge in [0, 0.05) is 0 Å². The molecule has 0 bridgehead atoms. The first-order chi connectivity index (χ1) is 13.8. The number of amides is 1. The van der Waals surface area contributed by atoms with Gasteiger partial charge < -0.3 is 14.8 Å². The van der Waals surface area contributed by atoms with Crippen LogP contribution >= 0.6 is 45.2 Å². The fourth-order valence-electron chi connectivity index (χ4n) is 2.41. The van der Waals surface area contributed by atoms with Gasteiger partial charge in [0.25, 0.3) is 5.91 Å². The summed E-state index contributed by atoms with van der Waals surface area (Å²) in [6.07, 6.45) is 1.53. The third-order valence-corrected chi connectivity index (χ3v) is 5.51. The normalized spacial score (nSPS) is 11.9. The zero-order valence-electron chi connectivity index (χ0n) is 15.7. The summed E-state index contributed by atoms with van der Waals surface area (Å²) >= 11 is 4.16. The van der Waals surface area contributed by atoms with E-state index in [4.69, 9.17) is 4.74 Å². The molecule has 150 valence electrons. The minimum atomic E-state index is -0.475. The van der Waals surface area contributed by atoms with Crippen LogP contribution in [0.1, 0.15) is 24.1 Å². The van der Waals surface area contributed by atoms with Crippen LogP contribution in [-0.4, -0.2) is 25.6 Å². The highest BCUT2D eigenvalue weighted by atomic mass is 127. The van der Waals surface area contributed by atoms with E-state index in [2.05, 4.69) is 55.2 Å². The van der Waals surface area contributed by atoms with Gasteiger partial charge in [0.05, 0.1) is 20.3 Å². The number of hydrogen-bond acceptors (Lipinski definition) is 5. The van der Waals surface area contributed by atoms with Crippen molar-refractivity contribution in [3.05, 3.63) is 66.3 Å². The summed E-state index contributed by atoms with van der Waals surface area (Å²) < 4.78 is 11.6. The standard InChI is InChI=1S/C21H18I2N2O4/c1-13(15-6-4-3-5-7-15)25-21(27)16(11-24)8-14-9-17(22)20(18(23)10-14)29-12-19(26)28-2/h3-10,13H,12H2,1-2H3,(H,25,27)/b16-8-/t13-/m1/s1. The van der Waals surface area contributed by atoms with E-state index in [-0.39, 0.29) is 18.2 Å². The summed E-state index contributed by atoms with van der Waals surface area (Å²) in [7, 11) is 1.29. The molecule has 0 unspecified atom stereocenters. The van der Waals surface area contributed by atoms with Crippen molar-refractivity contribution < 1.29 is 19.1 Å². The van der Waals surface area contributed by atoms with Crippen molar-refractivity contribution in [2.45, 2.75) is 13.0 Å². The maximum absolute atomic E-state index is 12.5. The molecule has 8 heteroatoms. The van der Waals surface area contributed by atoms with Crippen molar-refractivity contribution in [3.8, 4) is 11.8 Å². The Morgan fingerprint density at radius 1 is 1.21 bits per heavy atom. The molecule has 0 fully saturated rings. The van der Waals surface area contributed by atoms with E-state index < -0.39 is 11.9 Å². The second-order valence-electron chi connectivity index (χ2n) is 5.95. The molecular weight excluding hydrogens is 598 g/mol. The smallest absolute Gasteiger partial charge is 0.343 e. The first kappa shape index (κ1) is 23.2. The molecule has 1 amide bonds. The Bertz CT molecular complexity index is 945. The van der Waals surface area contributed by atoms with Crippen LogP contribution < -0.4 is 10.1 Å². The highest BCUT2D eigenvalue weighted by Crippen LogP contribution is 2.30. The highest BCUT2D eigenvalue weighted by Gasteiger charge is 2.15. The van der Waals surface area contributed by atoms with Gasteiger partial charge in [-0.2, -0.15) is 5.26 Å². The van der Waals surface area contributed by atoms with E-state index in [0.717, 1.165) is 12.7 Å². The maximum Gasteiger partial charge on any atom is 0.343 e. The largest absolute Gasteiger partial charge is 0.480 e. The van der Waals surface area contributed by atoms with Gasteiger partial charge in [-0.25, -0.2) is 4.79 Å². The summed E-state index contributed by atoms with van der Waals surface area (Å²) in [4.78, 5) is 23.8. The van der Waals surface area contributed by atoms with E-state index in [1.165, 1.54) is 13.2 Å². The molecule has 2 rings (SSSR count). The van der Waals surface area contributed by atoms with Gasteiger partial charge >= 0.3 is 5.97 Å². The van der Waals surface area contributed by atoms with Crippen LogP contribution in [0.4, 0.5) is 0 Å². The zero-order valence-corrected chi connectivity index (χ0v) is 20.1. The number of nitriles is 1. The molecule has 0 saturated heterocycles. The number of nitrogens with one attached hydrogen (secondary N) is 1. The average molecular weight is 616 g/mol. The SMILES string of the molecule is COC(=O)COc1c(I)cc(/C=C(/C#N)C(=O)N[C@H](C)c2ccccc2)cc1I. The summed E-state index contributed by atoms with van der Waals surface area (Å²) in [5, 5.41) is 12.3. The molecule has 0 radical (unpaired) electrons. The van der Waals surface area contributed by atoms with Crippen molar-refractivity contribution in [1.82, 2.24) is 5.32 Å². The number of esters is 1. The van der Waals surface area contributed by atoms with Crippen LogP contribution in [0.25, 0.3) is 6.08 Å². The lowest BCUT2D eigenvalue weighted by molar-refractivity contribution is -0.142. The second kappa shape index (κ2) is 11.2. The molecule has 0 heterocycles. The fraction of sp³-hybridized carbons (Fsp3) is 0.190. The second-order valence-corrected chi connectivity index (χ2v) is 8.28. The number of hydrogen-bond donors (Lipinski definition) is 1. The van der Waals surface area contributed by atoms with Crippen LogP contribution in [0.3, 0.4) is 0 Å². The number of nitrogens with zero attached hydrogens (tertiary/aromatic N) is 1. The lowest BCUT2D eigenvalue weighted by Crippen LogP contribution is -2.27. The van der Waals surface area contributed by atoms with E-state index in [9.17, 15) is 14.9 Å². The monoisotopic (exact) mass is 616 g/mol. The molecule has 29 heavy (non-hydrogen) atoms. The summed E-state index contributed by atoms with van der Waals surface area (Å²) in [6, 6.07) is 14.8. The summed E-state index contributed by atoms with van der Waals surface area (Å²) in [6.45, 7) is 1.67. The zero-order chi connectivity index (χ0) is 21.4. The number of carbonyl (C=O) groups is 2. The number of carbonyl (C=O) groups excluding carboxylic acids is 2. The van der Waals surface area contributed by atoms with Gasteiger partial charge in [-0.05, 0) is 81.4 Å². The van der Waals surface area contributed by atoms with Gasteiger partial charge in [0.15, 0.2) is 6.61 Å². The van der Waals surface area contributed by atoms with Crippen molar-refractivity contribution >= 4 is 63.1 Å². The van der Waals surface area contributed by atoms with Crippen LogP contribution in [-0.2, 0) is 14.3 Å². The first-order valence-corrected chi connectivity index (χ1v) is 10.7. The predicted octanol–water partition coefficient (Wildman–Crippen LogP) is 4.23. The quantitative estimate of drug-likeness (QED) is 0.218. The Hall–Kier alpha value is -2.13. The van der Waals surface area contributed by atoms with Crippen LogP contribution in [0, 0.1) is 18.5 Å². The van der Waals surface area contributed by atoms with Crippen LogP contribution in [0.5, 0.6) is 5.75 Å². The maximum atomic E-state index is 12.5. The molecule has 0 aliphatic heterocycles. The number of benzene rings is 2. The minimum Gasteiger partial charge on any atom is -0.480 e. The van der Waals surface area contributed by atoms with Gasteiger partial charge in [-0.15, -0.1) is 0 Å². The molecule has 0 spiro atoms. The number of rotatable bonds is 7. The molecule has 0 aromatic heterocycles. The molecule has 0 saturated carbocycles. The first-order valence-electron chi connectivity index (χ1n) is 8.52. The molecule has 0 aliphatic carbocycles. The average Bonchev–Trinajstić information content (AvgIpc) is 2.71. The molecular formula is C21H18I2N2O4. The number of halogens is 2. The lowest BCUT2D eigenvalue weighted by Gasteiger charge is -2.14. The number of methoxy groups -OCH3 is 1. The highest BCUT2D eigenvalue weighted by molar-refractivity contribution is 14.1. The summed E-state index contributed by atoms with van der Waals surface area (Å²) in [5.41, 5.74) is 1.64. The van der Waals surface area contributed by atoms with Gasteiger partial charge in [0.1, 0.15) is 17.4 Å². The van der Waals surface area contributed by atoms with Crippen molar-refractivity contribution in [3.63, 3.8) is 0 Å². The third-order valence-electron chi connectivity index (χ3n) is 3.91. The van der Waals surface area contributed by atoms with Gasteiger partial charge in [-0.1, -0.05) is 30.3 Å². The fourth-order valence-corrected chi connectivity index (χ4v) is 4.53. The summed E-state index contributed by atoms with van der Waals surface area (Å²) in [5.74, 6) is -0.370. The Morgan fingerprint density at radius 3 is 2.38 bits per heavy atom. The van der Waals surface area contributed by atoms with Crippen LogP contribution in [0.2, 0.25) is 0 Å². The Morgan fingerprint density at radius 2 is 1.83 bits per heavy atom. The van der Waals surface area contributed by atoms with Crippen LogP contribution in [0.15, 0.2) is 48.0 Å². The Labute approximate surface area is 196 Å². The van der Waals surface area contributed by atoms with Gasteiger partial charge in [-0.3, -0.25) is 4.79 Å². The van der Waals surface area contributed by atoms with Crippen molar-refractivity contribution in [1.29, 1.82) is 5.26 Å². The number of ether oxygens (including phenoxy) is 2. The lowest BCUT2D eigenvalue weighted by atomic mass is 10.1. The molecule has 2 aromatic carbocycles. The Balaban J connectivity index is 2.18. The minimum absolute atomic E-state index is 0.00242. The Kier molecular flexibility index (Phi) is 8.91. The molecule has 2 aromatic rings. The molecule has 1 atom stereocenters.